The fraction of sp³-hybridized carbons (Fsp3) is 0.500. The Morgan fingerprint density at radius 2 is 2.00 bits per heavy atom. The largest absolute Gasteiger partial charge is 0.353 e. The third kappa shape index (κ3) is 3.36. The number of allylic oxidation sites excluding steroid dienone is 1. The number of rotatable bonds is 6. The Morgan fingerprint density at radius 1 is 1.33 bits per heavy atom. The number of hydrogen-bond donors (Lipinski definition) is 1. The second-order valence-electron chi connectivity index (χ2n) is 6.02. The minimum atomic E-state index is -0.576. The molecule has 0 saturated heterocycles. The van der Waals surface area contributed by atoms with Gasteiger partial charge in [-0.05, 0) is 24.6 Å². The lowest BCUT2D eigenvalue weighted by atomic mass is 9.59. The van der Waals surface area contributed by atoms with E-state index in [1.165, 1.54) is 5.56 Å². The highest BCUT2D eigenvalue weighted by Gasteiger charge is 2.60. The monoisotopic (exact) mass is 395 g/mol. The first kappa shape index (κ1) is 19.0. The lowest BCUT2D eigenvalue weighted by Crippen LogP contribution is -2.63. The second-order valence-corrected chi connectivity index (χ2v) is 6.93. The van der Waals surface area contributed by atoms with Crippen molar-refractivity contribution >= 4 is 21.8 Å². The van der Waals surface area contributed by atoms with Crippen LogP contribution in [-0.2, 0) is 14.9 Å². The first-order valence-corrected chi connectivity index (χ1v) is 8.73. The van der Waals surface area contributed by atoms with E-state index in [9.17, 15) is 0 Å². The molecule has 6 heteroatoms. The predicted molar refractivity (Wildman–Crippen MR) is 101 cm³/mol. The molecule has 1 aromatic rings. The fourth-order valence-corrected chi connectivity index (χ4v) is 3.84. The van der Waals surface area contributed by atoms with Gasteiger partial charge in [0, 0.05) is 51.8 Å². The minimum absolute atomic E-state index is 0.285. The van der Waals surface area contributed by atoms with E-state index in [1.807, 2.05) is 50.3 Å². The van der Waals surface area contributed by atoms with E-state index in [-0.39, 0.29) is 5.41 Å². The molecule has 0 bridgehead atoms. The van der Waals surface area contributed by atoms with Gasteiger partial charge in [0.15, 0.2) is 5.79 Å². The number of hydrogen-bond acceptors (Lipinski definition) is 4. The molecule has 132 valence electrons. The summed E-state index contributed by atoms with van der Waals surface area (Å²) in [4.78, 5) is 2.05. The zero-order chi connectivity index (χ0) is 17.8. The van der Waals surface area contributed by atoms with Gasteiger partial charge in [0.2, 0.25) is 0 Å². The Bertz CT molecular complexity index is 618. The SMILES string of the molecule is CC=CN(C)/C(=N\NC)C1(c2cccc(Br)c2)CC(OC)(OC)C1. The summed E-state index contributed by atoms with van der Waals surface area (Å²) in [6, 6.07) is 8.35. The molecule has 0 amide bonds. The molecule has 1 aliphatic carbocycles. The zero-order valence-corrected chi connectivity index (χ0v) is 16.6. The summed E-state index contributed by atoms with van der Waals surface area (Å²) in [6.07, 6.45) is 5.41. The molecule has 0 radical (unpaired) electrons. The molecule has 1 saturated carbocycles. The van der Waals surface area contributed by atoms with Gasteiger partial charge >= 0.3 is 0 Å². The van der Waals surface area contributed by atoms with Crippen molar-refractivity contribution in [3.63, 3.8) is 0 Å². The van der Waals surface area contributed by atoms with Crippen LogP contribution in [0.25, 0.3) is 0 Å². The number of benzene rings is 1. The van der Waals surface area contributed by atoms with Crippen molar-refractivity contribution in [2.24, 2.45) is 5.10 Å². The average Bonchev–Trinajstić information content (AvgIpc) is 2.54. The van der Waals surface area contributed by atoms with Gasteiger partial charge < -0.3 is 19.8 Å². The highest BCUT2D eigenvalue weighted by Crippen LogP contribution is 2.54. The van der Waals surface area contributed by atoms with Crippen molar-refractivity contribution in [3.05, 3.63) is 46.6 Å². The Hall–Kier alpha value is -1.37. The number of likely N-dealkylation sites (N-methyl/N-ethyl adjacent to an activating group) is 1. The number of nitrogens with one attached hydrogen (secondary N) is 1. The van der Waals surface area contributed by atoms with Crippen LogP contribution in [-0.4, -0.2) is 44.8 Å². The number of halogens is 1. The topological polar surface area (TPSA) is 46.1 Å². The summed E-state index contributed by atoms with van der Waals surface area (Å²) in [6.45, 7) is 1.99. The van der Waals surface area contributed by atoms with Crippen LogP contribution in [0.15, 0.2) is 46.1 Å². The van der Waals surface area contributed by atoms with E-state index in [1.54, 1.807) is 14.2 Å². The Balaban J connectivity index is 2.54. The van der Waals surface area contributed by atoms with E-state index >= 15 is 0 Å². The van der Waals surface area contributed by atoms with E-state index in [0.29, 0.717) is 12.8 Å². The lowest BCUT2D eigenvalue weighted by molar-refractivity contribution is -0.268. The van der Waals surface area contributed by atoms with E-state index in [4.69, 9.17) is 9.47 Å². The van der Waals surface area contributed by atoms with Crippen molar-refractivity contribution in [1.82, 2.24) is 10.3 Å². The van der Waals surface area contributed by atoms with E-state index < -0.39 is 5.79 Å². The van der Waals surface area contributed by atoms with Crippen LogP contribution in [0.1, 0.15) is 25.3 Å². The molecular formula is C18H26BrN3O2. The van der Waals surface area contributed by atoms with Crippen LogP contribution >= 0.6 is 15.9 Å². The van der Waals surface area contributed by atoms with Crippen LogP contribution in [0.4, 0.5) is 0 Å². The fourth-order valence-electron chi connectivity index (χ4n) is 3.44. The molecule has 0 atom stereocenters. The Kier molecular flexibility index (Phi) is 6.06. The molecule has 0 spiro atoms. The smallest absolute Gasteiger partial charge is 0.170 e. The number of methoxy groups -OCH3 is 2. The molecular weight excluding hydrogens is 370 g/mol. The third-order valence-electron chi connectivity index (χ3n) is 4.62. The van der Waals surface area contributed by atoms with E-state index in [0.717, 1.165) is 10.3 Å². The van der Waals surface area contributed by atoms with Crippen molar-refractivity contribution < 1.29 is 9.47 Å². The van der Waals surface area contributed by atoms with Crippen molar-refractivity contribution in [2.45, 2.75) is 31.0 Å². The van der Waals surface area contributed by atoms with E-state index in [2.05, 4.69) is 38.6 Å². The molecule has 5 nitrogen and oxygen atoms in total. The van der Waals surface area contributed by atoms with Gasteiger partial charge in [-0.25, -0.2) is 0 Å². The molecule has 0 aliphatic heterocycles. The average molecular weight is 396 g/mol. The number of nitrogens with zero attached hydrogens (tertiary/aromatic N) is 2. The normalized spacial score (nSPS) is 19.2. The highest BCUT2D eigenvalue weighted by atomic mass is 79.9. The molecule has 0 aromatic heterocycles. The molecule has 0 heterocycles. The van der Waals surface area contributed by atoms with Gasteiger partial charge in [-0.1, -0.05) is 34.1 Å². The van der Waals surface area contributed by atoms with Crippen molar-refractivity contribution in [2.75, 3.05) is 28.3 Å². The maximum atomic E-state index is 5.65. The summed E-state index contributed by atoms with van der Waals surface area (Å²) in [7, 11) is 7.21. The maximum Gasteiger partial charge on any atom is 0.170 e. The van der Waals surface area contributed by atoms with Gasteiger partial charge in [-0.3, -0.25) is 0 Å². The zero-order valence-electron chi connectivity index (χ0n) is 15.0. The number of amidine groups is 1. The summed E-state index contributed by atoms with van der Waals surface area (Å²) in [5, 5.41) is 4.59. The van der Waals surface area contributed by atoms with Crippen LogP contribution in [0.3, 0.4) is 0 Å². The summed E-state index contributed by atoms with van der Waals surface area (Å²) >= 11 is 3.58. The first-order valence-electron chi connectivity index (χ1n) is 7.94. The van der Waals surface area contributed by atoms with Crippen molar-refractivity contribution in [3.8, 4) is 0 Å². The summed E-state index contributed by atoms with van der Waals surface area (Å²) in [5.74, 6) is 0.360. The first-order chi connectivity index (χ1) is 11.5. The Labute approximate surface area is 152 Å². The molecule has 24 heavy (non-hydrogen) atoms. The van der Waals surface area contributed by atoms with Crippen molar-refractivity contribution in [1.29, 1.82) is 0 Å². The molecule has 1 fully saturated rings. The van der Waals surface area contributed by atoms with Crippen LogP contribution in [0.2, 0.25) is 0 Å². The number of ether oxygens (including phenoxy) is 2. The van der Waals surface area contributed by atoms with Gasteiger partial charge in [-0.15, -0.1) is 0 Å². The van der Waals surface area contributed by atoms with Crippen LogP contribution < -0.4 is 5.43 Å². The summed E-state index contributed by atoms with van der Waals surface area (Å²) < 4.78 is 12.3. The Morgan fingerprint density at radius 3 is 2.50 bits per heavy atom. The lowest BCUT2D eigenvalue weighted by Gasteiger charge is -2.55. The molecule has 1 N–H and O–H groups in total. The van der Waals surface area contributed by atoms with Gasteiger partial charge in [0.25, 0.3) is 0 Å². The van der Waals surface area contributed by atoms with Gasteiger partial charge in [-0.2, -0.15) is 5.10 Å². The van der Waals surface area contributed by atoms with Gasteiger partial charge in [0.05, 0.1) is 5.41 Å². The predicted octanol–water partition coefficient (Wildman–Crippen LogP) is 3.47. The molecule has 0 unspecified atom stereocenters. The molecule has 1 aliphatic rings. The minimum Gasteiger partial charge on any atom is -0.353 e. The van der Waals surface area contributed by atoms with Gasteiger partial charge in [0.1, 0.15) is 5.84 Å². The molecule has 1 aromatic carbocycles. The highest BCUT2D eigenvalue weighted by molar-refractivity contribution is 9.10. The summed E-state index contributed by atoms with van der Waals surface area (Å²) in [5.41, 5.74) is 3.85. The third-order valence-corrected chi connectivity index (χ3v) is 5.11. The quantitative estimate of drug-likeness (QED) is 0.346. The second kappa shape index (κ2) is 7.68. The van der Waals surface area contributed by atoms with Crippen LogP contribution in [0.5, 0.6) is 0 Å². The standard InChI is InChI=1S/C18H26BrN3O2/c1-6-10-22(3)16(21-20-2)17(12-18(13-17,23-4)24-5)14-8-7-9-15(19)11-14/h6-11,20H,12-13H2,1-5H3/b10-6?,21-16-. The maximum absolute atomic E-state index is 5.65. The molecule has 2 rings (SSSR count). The van der Waals surface area contributed by atoms with Crippen LogP contribution in [0, 0.1) is 0 Å². The number of hydrazone groups is 1.